The van der Waals surface area contributed by atoms with Gasteiger partial charge in [-0.2, -0.15) is 0 Å². The zero-order chi connectivity index (χ0) is 25.8. The average molecular weight is 485 g/mol. The molecule has 1 aromatic heterocycles. The second-order valence-corrected chi connectivity index (χ2v) is 8.65. The highest BCUT2D eigenvalue weighted by molar-refractivity contribution is 6.06. The number of aromatic carboxylic acids is 1. The molecule has 2 N–H and O–H groups in total. The number of benzene rings is 2. The molecule has 0 atom stereocenters. The van der Waals surface area contributed by atoms with Crippen LogP contribution < -0.4 is 4.90 Å². The van der Waals surface area contributed by atoms with E-state index in [2.05, 4.69) is 23.7 Å². The Kier molecular flexibility index (Phi) is 10.1. The van der Waals surface area contributed by atoms with Crippen LogP contribution in [0.3, 0.4) is 0 Å². The molecule has 1 amide bonds. The number of anilines is 1. The third kappa shape index (κ3) is 7.71. The molecule has 3 aromatic rings. The van der Waals surface area contributed by atoms with Crippen molar-refractivity contribution in [1.29, 1.82) is 0 Å². The summed E-state index contributed by atoms with van der Waals surface area (Å²) in [5, 5.41) is 19.3. The van der Waals surface area contributed by atoms with Gasteiger partial charge in [0.1, 0.15) is 11.3 Å². The van der Waals surface area contributed by atoms with Crippen molar-refractivity contribution in [2.75, 3.05) is 4.90 Å². The number of carboxylic acid groups (broad SMARTS) is 1. The molecule has 0 aliphatic rings. The third-order valence-electron chi connectivity index (χ3n) is 5.88. The minimum absolute atomic E-state index is 0.219. The highest BCUT2D eigenvalue weighted by atomic mass is 16.4. The van der Waals surface area contributed by atoms with E-state index in [4.69, 9.17) is 0 Å². The van der Waals surface area contributed by atoms with E-state index < -0.39 is 5.97 Å². The molecule has 2 aromatic carbocycles. The first kappa shape index (κ1) is 26.5. The second-order valence-electron chi connectivity index (χ2n) is 8.65. The predicted octanol–water partition coefficient (Wildman–Crippen LogP) is 6.43. The molecule has 36 heavy (non-hydrogen) atoms. The van der Waals surface area contributed by atoms with Gasteiger partial charge in [0.05, 0.1) is 6.54 Å². The Hall–Kier alpha value is -4.11. The van der Waals surface area contributed by atoms with Gasteiger partial charge in [0.25, 0.3) is 5.91 Å². The van der Waals surface area contributed by atoms with E-state index in [1.165, 1.54) is 67.6 Å². The monoisotopic (exact) mass is 484 g/mol. The molecule has 0 saturated carbocycles. The minimum atomic E-state index is -1.27. The smallest absolute Gasteiger partial charge is 0.339 e. The number of phenols is 1. The van der Waals surface area contributed by atoms with Gasteiger partial charge in [0, 0.05) is 35.6 Å². The van der Waals surface area contributed by atoms with E-state index in [9.17, 15) is 19.8 Å². The molecular formula is C30H32N2O4. The number of nitrogens with zero attached hydrogens (tertiary/aromatic N) is 2. The molecule has 6 heteroatoms. The number of hydrogen-bond acceptors (Lipinski definition) is 4. The summed E-state index contributed by atoms with van der Waals surface area (Å²) in [7, 11) is 0. The molecule has 0 aliphatic heterocycles. The Balaban J connectivity index is 1.73. The quantitative estimate of drug-likeness (QED) is 0.242. The lowest BCUT2D eigenvalue weighted by Crippen LogP contribution is -2.30. The van der Waals surface area contributed by atoms with Crippen molar-refractivity contribution in [2.24, 2.45) is 0 Å². The van der Waals surface area contributed by atoms with Crippen LogP contribution in [-0.2, 0) is 6.54 Å². The van der Waals surface area contributed by atoms with E-state index in [0.29, 0.717) is 11.3 Å². The van der Waals surface area contributed by atoms with Crippen molar-refractivity contribution in [1.82, 2.24) is 4.98 Å². The zero-order valence-electron chi connectivity index (χ0n) is 20.6. The zero-order valence-corrected chi connectivity index (χ0v) is 20.6. The number of carbonyl (C=O) groups is 2. The Bertz CT molecular complexity index is 1210. The van der Waals surface area contributed by atoms with Gasteiger partial charge in [-0.25, -0.2) is 4.79 Å². The van der Waals surface area contributed by atoms with Gasteiger partial charge in [0.2, 0.25) is 0 Å². The summed E-state index contributed by atoms with van der Waals surface area (Å²) in [6, 6.07) is 15.0. The molecule has 1 heterocycles. The Morgan fingerprint density at radius 3 is 2.31 bits per heavy atom. The third-order valence-corrected chi connectivity index (χ3v) is 5.88. The van der Waals surface area contributed by atoms with Crippen LogP contribution in [0.15, 0.2) is 67.0 Å². The molecule has 0 bridgehead atoms. The van der Waals surface area contributed by atoms with Crippen LogP contribution in [0.5, 0.6) is 5.75 Å². The van der Waals surface area contributed by atoms with Crippen LogP contribution in [0.25, 0.3) is 0 Å². The summed E-state index contributed by atoms with van der Waals surface area (Å²) in [5.41, 5.74) is 2.30. The highest BCUT2D eigenvalue weighted by Crippen LogP contribution is 2.27. The summed E-state index contributed by atoms with van der Waals surface area (Å²) in [4.78, 5) is 30.3. The number of carbonyl (C=O) groups excluding carboxylic acids is 1. The van der Waals surface area contributed by atoms with Gasteiger partial charge < -0.3 is 15.1 Å². The van der Waals surface area contributed by atoms with E-state index in [-0.39, 0.29) is 23.8 Å². The molecule has 0 saturated heterocycles. The van der Waals surface area contributed by atoms with Crippen LogP contribution in [0.1, 0.15) is 83.7 Å². The van der Waals surface area contributed by atoms with Crippen LogP contribution in [0, 0.1) is 11.8 Å². The molecule has 0 fully saturated rings. The van der Waals surface area contributed by atoms with Crippen LogP contribution in [-0.4, -0.2) is 27.1 Å². The van der Waals surface area contributed by atoms with Crippen molar-refractivity contribution in [3.05, 3.63) is 89.2 Å². The van der Waals surface area contributed by atoms with Crippen molar-refractivity contribution < 1.29 is 19.8 Å². The van der Waals surface area contributed by atoms with Gasteiger partial charge in [-0.05, 0) is 54.4 Å². The first-order valence-corrected chi connectivity index (χ1v) is 12.4. The fraction of sp³-hybridized carbons (Fsp3) is 0.300. The number of pyridine rings is 1. The van der Waals surface area contributed by atoms with Crippen LogP contribution in [0.4, 0.5) is 5.69 Å². The topological polar surface area (TPSA) is 90.7 Å². The number of amides is 1. The van der Waals surface area contributed by atoms with Gasteiger partial charge >= 0.3 is 5.97 Å². The lowest BCUT2D eigenvalue weighted by Gasteiger charge is -2.24. The van der Waals surface area contributed by atoms with Crippen LogP contribution in [0.2, 0.25) is 0 Å². The number of aromatic nitrogens is 1. The van der Waals surface area contributed by atoms with Gasteiger partial charge in [-0.15, -0.1) is 0 Å². The van der Waals surface area contributed by atoms with Gasteiger partial charge in [0.15, 0.2) is 0 Å². The van der Waals surface area contributed by atoms with E-state index in [1.54, 1.807) is 12.1 Å². The molecule has 0 radical (unpaired) electrons. The SMILES string of the molecule is CCCCCCCCC#Cc1ccc(CN(C(=O)c2ccncc2)c2ccc(O)c(C(=O)O)c2)cc1. The largest absolute Gasteiger partial charge is 0.507 e. The van der Waals surface area contributed by atoms with Crippen molar-refractivity contribution in [3.8, 4) is 17.6 Å². The van der Waals surface area contributed by atoms with Gasteiger partial charge in [-0.1, -0.05) is 63.0 Å². The normalized spacial score (nSPS) is 10.4. The number of unbranched alkanes of at least 4 members (excludes halogenated alkanes) is 6. The molecular weight excluding hydrogens is 452 g/mol. The van der Waals surface area contributed by atoms with Gasteiger partial charge in [-0.3, -0.25) is 9.78 Å². The molecule has 3 rings (SSSR count). The van der Waals surface area contributed by atoms with E-state index in [1.807, 2.05) is 24.3 Å². The number of aromatic hydroxyl groups is 1. The summed E-state index contributed by atoms with van der Waals surface area (Å²) in [6.45, 7) is 2.44. The number of hydrogen-bond donors (Lipinski definition) is 2. The summed E-state index contributed by atoms with van der Waals surface area (Å²) < 4.78 is 0. The van der Waals surface area contributed by atoms with E-state index >= 15 is 0 Å². The van der Waals surface area contributed by atoms with E-state index in [0.717, 1.165) is 24.0 Å². The van der Waals surface area contributed by atoms with Crippen molar-refractivity contribution in [2.45, 2.75) is 58.4 Å². The average Bonchev–Trinajstić information content (AvgIpc) is 2.90. The lowest BCUT2D eigenvalue weighted by atomic mass is 10.1. The number of carboxylic acids is 1. The first-order chi connectivity index (χ1) is 17.5. The Morgan fingerprint density at radius 2 is 1.61 bits per heavy atom. The minimum Gasteiger partial charge on any atom is -0.507 e. The Labute approximate surface area is 212 Å². The fourth-order valence-corrected chi connectivity index (χ4v) is 3.83. The molecule has 0 spiro atoms. The second kappa shape index (κ2) is 13.7. The van der Waals surface area contributed by atoms with Crippen molar-refractivity contribution >= 4 is 17.6 Å². The summed E-state index contributed by atoms with van der Waals surface area (Å²) in [5.74, 6) is 4.52. The molecule has 0 aliphatic carbocycles. The standard InChI is InChI=1S/C30H32N2O4/c1-2-3-4-5-6-7-8-9-10-23-11-13-24(14-12-23)22-32(29(34)25-17-19-31-20-18-25)26-15-16-28(33)27(21-26)30(35)36/h11-21,33H,2-8,22H2,1H3,(H,35,36). The molecule has 0 unspecified atom stereocenters. The Morgan fingerprint density at radius 1 is 0.917 bits per heavy atom. The lowest BCUT2D eigenvalue weighted by molar-refractivity contribution is 0.0693. The molecule has 186 valence electrons. The molecule has 6 nitrogen and oxygen atoms in total. The predicted molar refractivity (Wildman–Crippen MR) is 141 cm³/mol. The first-order valence-electron chi connectivity index (χ1n) is 12.4. The maximum absolute atomic E-state index is 13.3. The number of rotatable bonds is 11. The maximum Gasteiger partial charge on any atom is 0.339 e. The van der Waals surface area contributed by atoms with Crippen molar-refractivity contribution in [3.63, 3.8) is 0 Å². The van der Waals surface area contributed by atoms with Crippen LogP contribution >= 0.6 is 0 Å². The maximum atomic E-state index is 13.3. The summed E-state index contributed by atoms with van der Waals surface area (Å²) in [6.07, 6.45) is 11.4. The summed E-state index contributed by atoms with van der Waals surface area (Å²) >= 11 is 0. The highest BCUT2D eigenvalue weighted by Gasteiger charge is 2.21. The fourth-order valence-electron chi connectivity index (χ4n) is 3.83.